The average molecular weight is 347 g/mol. The van der Waals surface area contributed by atoms with Gasteiger partial charge in [-0.25, -0.2) is 0 Å². The van der Waals surface area contributed by atoms with Crippen molar-refractivity contribution in [1.82, 2.24) is 4.98 Å². The molecule has 26 heavy (non-hydrogen) atoms. The number of hydrogen-bond donors (Lipinski definition) is 0. The first-order chi connectivity index (χ1) is 12.6. The van der Waals surface area contributed by atoms with Gasteiger partial charge in [0.1, 0.15) is 5.75 Å². The fraction of sp³-hybridized carbons (Fsp3) is 0.478. The molecular weight excluding hydrogens is 322 g/mol. The van der Waals surface area contributed by atoms with Crippen LogP contribution >= 0.6 is 0 Å². The van der Waals surface area contributed by atoms with E-state index in [2.05, 4.69) is 11.1 Å². The zero-order valence-corrected chi connectivity index (χ0v) is 15.3. The molecule has 4 fully saturated rings. The summed E-state index contributed by atoms with van der Waals surface area (Å²) in [5.41, 5.74) is 1.83. The van der Waals surface area contributed by atoms with Crippen molar-refractivity contribution < 1.29 is 9.53 Å². The molecular formula is C23H25NO2. The third-order valence-electron chi connectivity index (χ3n) is 6.85. The Morgan fingerprint density at radius 2 is 1.81 bits per heavy atom. The molecule has 0 atom stereocenters. The van der Waals surface area contributed by atoms with Crippen molar-refractivity contribution in [2.24, 2.45) is 23.2 Å². The molecule has 1 aromatic carbocycles. The highest BCUT2D eigenvalue weighted by atomic mass is 16.5. The van der Waals surface area contributed by atoms with Gasteiger partial charge in [0.05, 0.1) is 12.6 Å². The van der Waals surface area contributed by atoms with Gasteiger partial charge in [0.25, 0.3) is 0 Å². The molecule has 6 rings (SSSR count). The first-order valence-electron chi connectivity index (χ1n) is 9.80. The van der Waals surface area contributed by atoms with E-state index < -0.39 is 0 Å². The van der Waals surface area contributed by atoms with Crippen LogP contribution in [0.1, 0.15) is 48.9 Å². The van der Waals surface area contributed by atoms with Gasteiger partial charge in [0.15, 0.2) is 5.78 Å². The standard InChI is InChI=1S/C23H25NO2/c1-26-20-2-3-21-18(10-20)9-19(14-24-21)22(25)4-5-23-11-15-6-16(12-23)8-17(7-15)13-23/h2-5,9-10,14-17H,6-8,11-13H2,1H3/b5-4+. The molecule has 0 spiro atoms. The number of nitrogens with zero attached hydrogens (tertiary/aromatic N) is 1. The highest BCUT2D eigenvalue weighted by molar-refractivity contribution is 6.06. The minimum atomic E-state index is 0.0676. The van der Waals surface area contributed by atoms with Gasteiger partial charge in [-0.1, -0.05) is 6.08 Å². The summed E-state index contributed by atoms with van der Waals surface area (Å²) >= 11 is 0. The summed E-state index contributed by atoms with van der Waals surface area (Å²) in [7, 11) is 1.65. The molecule has 134 valence electrons. The highest BCUT2D eigenvalue weighted by Gasteiger charge is 2.49. The lowest BCUT2D eigenvalue weighted by Crippen LogP contribution is -2.45. The summed E-state index contributed by atoms with van der Waals surface area (Å²) in [5, 5.41) is 0.943. The molecule has 2 aromatic rings. The Bertz CT molecular complexity index is 863. The van der Waals surface area contributed by atoms with Crippen molar-refractivity contribution in [3.05, 3.63) is 48.2 Å². The Morgan fingerprint density at radius 3 is 2.46 bits per heavy atom. The van der Waals surface area contributed by atoms with Crippen LogP contribution in [-0.4, -0.2) is 17.9 Å². The zero-order chi connectivity index (χ0) is 17.7. The largest absolute Gasteiger partial charge is 0.497 e. The first kappa shape index (κ1) is 16.0. The van der Waals surface area contributed by atoms with Crippen molar-refractivity contribution in [1.29, 1.82) is 0 Å². The number of fused-ring (bicyclic) bond motifs is 1. The van der Waals surface area contributed by atoms with Crippen molar-refractivity contribution in [3.63, 3.8) is 0 Å². The van der Waals surface area contributed by atoms with E-state index in [9.17, 15) is 4.79 Å². The second kappa shape index (κ2) is 5.94. The Balaban J connectivity index is 1.40. The van der Waals surface area contributed by atoms with Crippen LogP contribution in [-0.2, 0) is 0 Å². The molecule has 1 aromatic heterocycles. The quantitative estimate of drug-likeness (QED) is 0.564. The van der Waals surface area contributed by atoms with E-state index in [0.717, 1.165) is 34.4 Å². The van der Waals surface area contributed by atoms with E-state index in [1.165, 1.54) is 38.5 Å². The first-order valence-corrected chi connectivity index (χ1v) is 9.80. The molecule has 3 nitrogen and oxygen atoms in total. The van der Waals surface area contributed by atoms with Crippen molar-refractivity contribution >= 4 is 16.7 Å². The Hall–Kier alpha value is -2.16. The highest BCUT2D eigenvalue weighted by Crippen LogP contribution is 2.60. The molecule has 0 amide bonds. The number of pyridine rings is 1. The SMILES string of the molecule is COc1ccc2ncc(C(=O)/C=C/C34CC5CC(CC(C5)C3)C4)cc2c1. The molecule has 4 aliphatic rings. The third kappa shape index (κ3) is 2.74. The number of methoxy groups -OCH3 is 1. The second-order valence-corrected chi connectivity index (χ2v) is 8.76. The van der Waals surface area contributed by atoms with Gasteiger partial charge in [-0.3, -0.25) is 9.78 Å². The van der Waals surface area contributed by atoms with E-state index in [1.54, 1.807) is 13.3 Å². The summed E-state index contributed by atoms with van der Waals surface area (Å²) in [6.45, 7) is 0. The summed E-state index contributed by atoms with van der Waals surface area (Å²) < 4.78 is 5.28. The predicted octanol–water partition coefficient (Wildman–Crippen LogP) is 5.20. The minimum absolute atomic E-state index is 0.0676. The number of carbonyl (C=O) groups is 1. The van der Waals surface area contributed by atoms with Gasteiger partial charge >= 0.3 is 0 Å². The van der Waals surface area contributed by atoms with Gasteiger partial charge in [0, 0.05) is 17.1 Å². The van der Waals surface area contributed by atoms with Gasteiger partial charge in [-0.05, 0) is 92.0 Å². The number of hydrogen-bond acceptors (Lipinski definition) is 3. The van der Waals surface area contributed by atoms with Crippen molar-refractivity contribution in [2.75, 3.05) is 7.11 Å². The summed E-state index contributed by atoms with van der Waals surface area (Å²) in [6, 6.07) is 7.68. The maximum atomic E-state index is 12.8. The Labute approximate surface area is 154 Å². The van der Waals surface area contributed by atoms with Crippen LogP contribution in [0.2, 0.25) is 0 Å². The van der Waals surface area contributed by atoms with E-state index in [0.29, 0.717) is 5.56 Å². The van der Waals surface area contributed by atoms with Crippen molar-refractivity contribution in [2.45, 2.75) is 38.5 Å². The number of rotatable bonds is 4. The van der Waals surface area contributed by atoms with Crippen LogP contribution in [0.15, 0.2) is 42.6 Å². The van der Waals surface area contributed by atoms with Crippen LogP contribution in [0.25, 0.3) is 10.9 Å². The Kier molecular flexibility index (Phi) is 3.66. The normalized spacial score (nSPS) is 32.4. The number of aromatic nitrogens is 1. The summed E-state index contributed by atoms with van der Waals surface area (Å²) in [6.07, 6.45) is 13.9. The maximum Gasteiger partial charge on any atom is 0.187 e. The lowest BCUT2D eigenvalue weighted by molar-refractivity contribution is -0.0238. The van der Waals surface area contributed by atoms with Crippen LogP contribution in [0, 0.1) is 23.2 Å². The molecule has 1 heterocycles. The van der Waals surface area contributed by atoms with Gasteiger partial charge in [-0.15, -0.1) is 0 Å². The fourth-order valence-electron chi connectivity index (χ4n) is 6.10. The van der Waals surface area contributed by atoms with E-state index >= 15 is 0 Å². The zero-order valence-electron chi connectivity index (χ0n) is 15.3. The number of ether oxygens (including phenoxy) is 1. The average Bonchev–Trinajstić information content (AvgIpc) is 2.64. The molecule has 0 unspecified atom stereocenters. The van der Waals surface area contributed by atoms with Crippen molar-refractivity contribution in [3.8, 4) is 5.75 Å². The van der Waals surface area contributed by atoms with Gasteiger partial charge in [-0.2, -0.15) is 0 Å². The molecule has 4 saturated carbocycles. The lowest BCUT2D eigenvalue weighted by Gasteiger charge is -2.55. The second-order valence-electron chi connectivity index (χ2n) is 8.76. The van der Waals surface area contributed by atoms with Crippen LogP contribution in [0.5, 0.6) is 5.75 Å². The van der Waals surface area contributed by atoms with E-state index in [-0.39, 0.29) is 11.2 Å². The molecule has 0 saturated heterocycles. The molecule has 0 N–H and O–H groups in total. The predicted molar refractivity (Wildman–Crippen MR) is 102 cm³/mol. The van der Waals surface area contributed by atoms with Gasteiger partial charge < -0.3 is 4.74 Å². The van der Waals surface area contributed by atoms with E-state index in [1.807, 2.05) is 30.3 Å². The number of carbonyl (C=O) groups excluding carboxylic acids is 1. The monoisotopic (exact) mass is 347 g/mol. The summed E-state index contributed by atoms with van der Waals surface area (Å²) in [5.74, 6) is 3.55. The topological polar surface area (TPSA) is 39.2 Å². The molecule has 3 heteroatoms. The van der Waals surface area contributed by atoms with Gasteiger partial charge in [0.2, 0.25) is 0 Å². The van der Waals surface area contributed by atoms with Crippen LogP contribution in [0.4, 0.5) is 0 Å². The molecule has 0 aliphatic heterocycles. The molecule has 4 bridgehead atoms. The van der Waals surface area contributed by atoms with E-state index in [4.69, 9.17) is 4.74 Å². The lowest BCUT2D eigenvalue weighted by atomic mass is 9.49. The number of benzene rings is 1. The smallest absolute Gasteiger partial charge is 0.187 e. The van der Waals surface area contributed by atoms with Crippen LogP contribution in [0.3, 0.4) is 0 Å². The minimum Gasteiger partial charge on any atom is -0.497 e. The van der Waals surface area contributed by atoms with Crippen LogP contribution < -0.4 is 4.74 Å². The maximum absolute atomic E-state index is 12.8. The summed E-state index contributed by atoms with van der Waals surface area (Å²) in [4.78, 5) is 17.2. The molecule has 4 aliphatic carbocycles. The number of ketones is 1. The third-order valence-corrected chi connectivity index (χ3v) is 6.85. The molecule has 0 radical (unpaired) electrons. The Morgan fingerprint density at radius 1 is 1.12 bits per heavy atom. The number of allylic oxidation sites excluding steroid dienone is 2. The fourth-order valence-corrected chi connectivity index (χ4v) is 6.10.